The van der Waals surface area contributed by atoms with Crippen LogP contribution < -0.4 is 5.32 Å². The third kappa shape index (κ3) is 6.69. The van der Waals surface area contributed by atoms with Gasteiger partial charge in [0.2, 0.25) is 0 Å². The van der Waals surface area contributed by atoms with Gasteiger partial charge in [-0.1, -0.05) is 30.3 Å². The summed E-state index contributed by atoms with van der Waals surface area (Å²) >= 11 is 0. The highest BCUT2D eigenvalue weighted by Crippen LogP contribution is 2.16. The van der Waals surface area contributed by atoms with Crippen LogP contribution in [-0.4, -0.2) is 45.5 Å². The number of benzene rings is 1. The molecule has 0 radical (unpaired) electrons. The second kappa shape index (κ2) is 9.67. The lowest BCUT2D eigenvalue weighted by atomic mass is 10.1. The van der Waals surface area contributed by atoms with Crippen molar-refractivity contribution in [1.82, 2.24) is 14.9 Å². The van der Waals surface area contributed by atoms with Gasteiger partial charge in [-0.15, -0.1) is 0 Å². The average molecular weight is 441 g/mol. The van der Waals surface area contributed by atoms with Gasteiger partial charge in [0.1, 0.15) is 11.6 Å². The lowest BCUT2D eigenvalue weighted by molar-refractivity contribution is -0.174. The number of hydrogen-bond donors (Lipinski definition) is 1. The summed E-state index contributed by atoms with van der Waals surface area (Å²) in [7, 11) is 0. The summed E-state index contributed by atoms with van der Waals surface area (Å²) < 4.78 is 17.4. The lowest BCUT2D eigenvalue weighted by Crippen LogP contribution is -2.46. The van der Waals surface area contributed by atoms with Crippen molar-refractivity contribution in [3.63, 3.8) is 0 Å². The molecule has 1 aromatic carbocycles. The number of hydrogen-bond acceptors (Lipinski definition) is 7. The highest BCUT2D eigenvalue weighted by atomic mass is 16.7. The van der Waals surface area contributed by atoms with Crippen LogP contribution in [0.4, 0.5) is 4.79 Å². The van der Waals surface area contributed by atoms with E-state index >= 15 is 0 Å². The van der Waals surface area contributed by atoms with Crippen molar-refractivity contribution in [2.24, 2.45) is 0 Å². The minimum atomic E-state index is -1.13. The fraction of sp³-hybridized carbons (Fsp3) is 0.391. The number of esters is 2. The molecule has 1 amide bonds. The molecular formula is C23H27N3O6. The van der Waals surface area contributed by atoms with Crippen LogP contribution in [0.5, 0.6) is 0 Å². The SMILES string of the molecule is CC1=CC(OC(=O)[C@H](Cc2cn(Cc3ccccc3)cn2)NC(=O)OC(C)(C)C)OC1=O. The Morgan fingerprint density at radius 2 is 1.97 bits per heavy atom. The fourth-order valence-electron chi connectivity index (χ4n) is 3.00. The van der Waals surface area contributed by atoms with E-state index in [1.165, 1.54) is 6.08 Å². The number of carbonyl (C=O) groups is 3. The Kier molecular flexibility index (Phi) is 6.97. The van der Waals surface area contributed by atoms with Crippen LogP contribution in [0.1, 0.15) is 39.0 Å². The van der Waals surface area contributed by atoms with Crippen molar-refractivity contribution in [3.05, 3.63) is 65.8 Å². The topological polar surface area (TPSA) is 109 Å². The van der Waals surface area contributed by atoms with Gasteiger partial charge in [-0.05, 0) is 33.3 Å². The lowest BCUT2D eigenvalue weighted by Gasteiger charge is -2.23. The van der Waals surface area contributed by atoms with Crippen molar-refractivity contribution < 1.29 is 28.6 Å². The van der Waals surface area contributed by atoms with Crippen molar-refractivity contribution in [2.45, 2.75) is 58.6 Å². The molecular weight excluding hydrogens is 414 g/mol. The first-order valence-corrected chi connectivity index (χ1v) is 10.2. The van der Waals surface area contributed by atoms with Gasteiger partial charge in [-0.25, -0.2) is 19.4 Å². The first kappa shape index (κ1) is 23.1. The molecule has 1 unspecified atom stereocenters. The molecule has 32 heavy (non-hydrogen) atoms. The number of amides is 1. The van der Waals surface area contributed by atoms with E-state index in [-0.39, 0.29) is 6.42 Å². The van der Waals surface area contributed by atoms with E-state index in [1.807, 2.05) is 34.9 Å². The zero-order valence-electron chi connectivity index (χ0n) is 18.5. The Bertz CT molecular complexity index is 1010. The van der Waals surface area contributed by atoms with Gasteiger partial charge in [0.05, 0.1) is 12.0 Å². The van der Waals surface area contributed by atoms with Crippen LogP contribution in [0.2, 0.25) is 0 Å². The van der Waals surface area contributed by atoms with Gasteiger partial charge in [0.25, 0.3) is 6.29 Å². The number of ether oxygens (including phenoxy) is 3. The van der Waals surface area contributed by atoms with E-state index in [2.05, 4.69) is 10.3 Å². The Balaban J connectivity index is 1.69. The number of carbonyl (C=O) groups excluding carboxylic acids is 3. The van der Waals surface area contributed by atoms with Gasteiger partial charge < -0.3 is 24.1 Å². The van der Waals surface area contributed by atoms with E-state index in [0.717, 1.165) is 5.56 Å². The number of aromatic nitrogens is 2. The third-order valence-corrected chi connectivity index (χ3v) is 4.45. The molecule has 2 heterocycles. The van der Waals surface area contributed by atoms with Gasteiger partial charge in [0.15, 0.2) is 0 Å². The largest absolute Gasteiger partial charge is 0.444 e. The predicted octanol–water partition coefficient (Wildman–Crippen LogP) is 2.74. The van der Waals surface area contributed by atoms with Crippen LogP contribution in [0.3, 0.4) is 0 Å². The van der Waals surface area contributed by atoms with E-state index in [1.54, 1.807) is 40.2 Å². The van der Waals surface area contributed by atoms with Crippen molar-refractivity contribution in [3.8, 4) is 0 Å². The normalized spacial score (nSPS) is 16.7. The van der Waals surface area contributed by atoms with Crippen LogP contribution in [0.15, 0.2) is 54.5 Å². The van der Waals surface area contributed by atoms with Crippen molar-refractivity contribution in [2.75, 3.05) is 0 Å². The molecule has 2 aromatic rings. The standard InChI is InChI=1S/C23H27N3O6/c1-15-10-19(30-20(15)27)31-21(28)18(25-22(29)32-23(2,3)4)11-17-13-26(14-24-17)12-16-8-6-5-7-9-16/h5-10,13-14,18-19H,11-12H2,1-4H3,(H,25,29)/t18-,19?/m0/s1. The summed E-state index contributed by atoms with van der Waals surface area (Å²) in [6, 6.07) is 8.77. The molecule has 1 aromatic heterocycles. The van der Waals surface area contributed by atoms with Gasteiger partial charge >= 0.3 is 18.0 Å². The van der Waals surface area contributed by atoms with E-state index in [4.69, 9.17) is 14.2 Å². The van der Waals surface area contributed by atoms with Crippen molar-refractivity contribution >= 4 is 18.0 Å². The second-order valence-electron chi connectivity index (χ2n) is 8.49. The molecule has 9 heteroatoms. The molecule has 0 bridgehead atoms. The molecule has 0 spiro atoms. The van der Waals surface area contributed by atoms with Crippen LogP contribution in [0.25, 0.3) is 0 Å². The summed E-state index contributed by atoms with van der Waals surface area (Å²) in [6.07, 6.45) is 3.03. The molecule has 0 saturated heterocycles. The molecule has 3 rings (SSSR count). The molecule has 1 aliphatic heterocycles. The molecule has 1 aliphatic rings. The molecule has 2 atom stereocenters. The Morgan fingerprint density at radius 3 is 2.59 bits per heavy atom. The van der Waals surface area contributed by atoms with Gasteiger partial charge in [-0.2, -0.15) is 0 Å². The monoisotopic (exact) mass is 441 g/mol. The highest BCUT2D eigenvalue weighted by Gasteiger charge is 2.31. The Labute approximate surface area is 186 Å². The fourth-order valence-corrected chi connectivity index (χ4v) is 3.00. The smallest absolute Gasteiger partial charge is 0.408 e. The maximum Gasteiger partial charge on any atom is 0.408 e. The number of rotatable bonds is 7. The van der Waals surface area contributed by atoms with Gasteiger partial charge in [-0.3, -0.25) is 0 Å². The summed E-state index contributed by atoms with van der Waals surface area (Å²) in [5, 5.41) is 2.53. The quantitative estimate of drug-likeness (QED) is 0.658. The predicted molar refractivity (Wildman–Crippen MR) is 114 cm³/mol. The zero-order valence-corrected chi connectivity index (χ0v) is 18.5. The summed E-state index contributed by atoms with van der Waals surface area (Å²) in [5.41, 5.74) is 1.29. The first-order chi connectivity index (χ1) is 15.1. The van der Waals surface area contributed by atoms with Crippen LogP contribution in [-0.2, 0) is 36.8 Å². The number of alkyl carbamates (subject to hydrolysis) is 1. The van der Waals surface area contributed by atoms with E-state index in [0.29, 0.717) is 17.8 Å². The minimum absolute atomic E-state index is 0.0726. The van der Waals surface area contributed by atoms with Crippen molar-refractivity contribution in [1.29, 1.82) is 0 Å². The number of nitrogens with one attached hydrogen (secondary N) is 1. The first-order valence-electron chi connectivity index (χ1n) is 10.2. The highest BCUT2D eigenvalue weighted by molar-refractivity contribution is 5.90. The van der Waals surface area contributed by atoms with E-state index in [9.17, 15) is 14.4 Å². The zero-order chi connectivity index (χ0) is 23.3. The summed E-state index contributed by atoms with van der Waals surface area (Å²) in [5.74, 6) is -1.32. The number of nitrogens with zero attached hydrogens (tertiary/aromatic N) is 2. The summed E-state index contributed by atoms with van der Waals surface area (Å²) in [6.45, 7) is 7.33. The maximum absolute atomic E-state index is 12.8. The van der Waals surface area contributed by atoms with Crippen LogP contribution in [0, 0.1) is 0 Å². The molecule has 0 fully saturated rings. The third-order valence-electron chi connectivity index (χ3n) is 4.45. The molecule has 170 valence electrons. The minimum Gasteiger partial charge on any atom is -0.444 e. The maximum atomic E-state index is 12.8. The Hall–Kier alpha value is -3.62. The van der Waals surface area contributed by atoms with Gasteiger partial charge in [0, 0.05) is 30.8 Å². The molecule has 0 saturated carbocycles. The molecule has 9 nitrogen and oxygen atoms in total. The molecule has 0 aliphatic carbocycles. The Morgan fingerprint density at radius 1 is 1.25 bits per heavy atom. The van der Waals surface area contributed by atoms with Crippen LogP contribution >= 0.6 is 0 Å². The summed E-state index contributed by atoms with van der Waals surface area (Å²) in [4.78, 5) is 40.9. The average Bonchev–Trinajstić information content (AvgIpc) is 3.26. The number of cyclic esters (lactones) is 1. The number of imidazole rings is 1. The molecule has 1 N–H and O–H groups in total. The van der Waals surface area contributed by atoms with E-state index < -0.39 is 36.0 Å². The second-order valence-corrected chi connectivity index (χ2v) is 8.49.